The molecular weight excluding hydrogens is 342 g/mol. The van der Waals surface area contributed by atoms with E-state index < -0.39 is 0 Å². The van der Waals surface area contributed by atoms with Gasteiger partial charge in [-0.1, -0.05) is 42.5 Å². The van der Waals surface area contributed by atoms with Crippen molar-refractivity contribution in [2.24, 2.45) is 0 Å². The van der Waals surface area contributed by atoms with Crippen molar-refractivity contribution >= 4 is 5.91 Å². The zero-order valence-electron chi connectivity index (χ0n) is 15.1. The van der Waals surface area contributed by atoms with Crippen LogP contribution in [0.4, 0.5) is 0 Å². The minimum Gasteiger partial charge on any atom is -0.497 e. The summed E-state index contributed by atoms with van der Waals surface area (Å²) < 4.78 is 6.47. The summed E-state index contributed by atoms with van der Waals surface area (Å²) >= 11 is 0. The summed E-state index contributed by atoms with van der Waals surface area (Å²) in [7, 11) is 1.60. The van der Waals surface area contributed by atoms with Gasteiger partial charge in [0.1, 0.15) is 5.75 Å². The number of ether oxygens (including phenoxy) is 1. The molecule has 3 aromatic rings. The summed E-state index contributed by atoms with van der Waals surface area (Å²) in [6, 6.07) is 20.2. The van der Waals surface area contributed by atoms with Gasteiger partial charge in [0.25, 0.3) is 5.56 Å². The van der Waals surface area contributed by atoms with Gasteiger partial charge in [-0.2, -0.15) is 5.10 Å². The predicted molar refractivity (Wildman–Crippen MR) is 104 cm³/mol. The van der Waals surface area contributed by atoms with Gasteiger partial charge in [-0.25, -0.2) is 4.68 Å². The lowest BCUT2D eigenvalue weighted by Crippen LogP contribution is -2.32. The van der Waals surface area contributed by atoms with Crippen LogP contribution in [-0.4, -0.2) is 29.3 Å². The third kappa shape index (κ3) is 5.04. The van der Waals surface area contributed by atoms with Crippen molar-refractivity contribution in [3.05, 3.63) is 82.6 Å². The highest BCUT2D eigenvalue weighted by Crippen LogP contribution is 2.14. The highest BCUT2D eigenvalue weighted by molar-refractivity contribution is 5.78. The molecule has 1 N–H and O–H groups in total. The number of nitrogens with zero attached hydrogens (tertiary/aromatic N) is 2. The Kier molecular flexibility index (Phi) is 5.99. The van der Waals surface area contributed by atoms with Crippen LogP contribution in [0, 0.1) is 0 Å². The van der Waals surface area contributed by atoms with Gasteiger partial charge in [0.05, 0.1) is 25.8 Å². The maximum atomic E-state index is 12.1. The van der Waals surface area contributed by atoms with Crippen molar-refractivity contribution < 1.29 is 9.53 Å². The molecule has 0 aliphatic carbocycles. The van der Waals surface area contributed by atoms with E-state index in [1.165, 1.54) is 10.7 Å². The molecular formula is C21H21N3O3. The largest absolute Gasteiger partial charge is 0.497 e. The van der Waals surface area contributed by atoms with Crippen LogP contribution in [-0.2, 0) is 17.8 Å². The topological polar surface area (TPSA) is 73.2 Å². The van der Waals surface area contributed by atoms with Crippen LogP contribution < -0.4 is 15.6 Å². The van der Waals surface area contributed by atoms with Crippen molar-refractivity contribution in [2.45, 2.75) is 13.0 Å². The van der Waals surface area contributed by atoms with Gasteiger partial charge in [-0.3, -0.25) is 9.59 Å². The molecule has 0 bridgehead atoms. The van der Waals surface area contributed by atoms with Crippen molar-refractivity contribution in [1.29, 1.82) is 0 Å². The second kappa shape index (κ2) is 8.80. The number of aromatic nitrogens is 2. The fourth-order valence-electron chi connectivity index (χ4n) is 2.66. The fraction of sp³-hybridized carbons (Fsp3) is 0.190. The number of hydrogen-bond donors (Lipinski definition) is 1. The summed E-state index contributed by atoms with van der Waals surface area (Å²) in [5, 5.41) is 7.21. The van der Waals surface area contributed by atoms with E-state index in [1.54, 1.807) is 13.2 Å². The molecule has 6 heteroatoms. The average molecular weight is 363 g/mol. The normalized spacial score (nSPS) is 10.4. The number of methoxy groups -OCH3 is 1. The highest BCUT2D eigenvalue weighted by atomic mass is 16.5. The second-order valence-corrected chi connectivity index (χ2v) is 6.02. The van der Waals surface area contributed by atoms with Crippen LogP contribution in [0.2, 0.25) is 0 Å². The number of benzene rings is 2. The molecule has 138 valence electrons. The van der Waals surface area contributed by atoms with Gasteiger partial charge in [-0.15, -0.1) is 0 Å². The Balaban J connectivity index is 1.56. The first kappa shape index (κ1) is 18.4. The first-order valence-electron chi connectivity index (χ1n) is 8.69. The smallest absolute Gasteiger partial charge is 0.266 e. The number of nitrogens with one attached hydrogen (secondary N) is 1. The van der Waals surface area contributed by atoms with E-state index in [9.17, 15) is 9.59 Å². The molecule has 3 rings (SSSR count). The molecule has 0 atom stereocenters. The van der Waals surface area contributed by atoms with Gasteiger partial charge < -0.3 is 10.1 Å². The molecule has 0 saturated heterocycles. The molecule has 0 aliphatic rings. The quantitative estimate of drug-likeness (QED) is 0.699. The van der Waals surface area contributed by atoms with Crippen molar-refractivity contribution in [2.75, 3.05) is 13.7 Å². The summed E-state index contributed by atoms with van der Waals surface area (Å²) in [5.74, 6) is 0.648. The third-order valence-electron chi connectivity index (χ3n) is 4.11. The minimum absolute atomic E-state index is 0.104. The minimum atomic E-state index is -0.195. The van der Waals surface area contributed by atoms with Crippen LogP contribution in [0.5, 0.6) is 5.75 Å². The van der Waals surface area contributed by atoms with E-state index in [0.717, 1.165) is 22.6 Å². The average Bonchev–Trinajstić information content (AvgIpc) is 2.70. The monoisotopic (exact) mass is 363 g/mol. The lowest BCUT2D eigenvalue weighted by molar-refractivity contribution is -0.120. The van der Waals surface area contributed by atoms with Crippen LogP contribution in [0.1, 0.15) is 5.56 Å². The molecule has 2 aromatic carbocycles. The SMILES string of the molecule is COc1ccc(CC(=O)NCCn2nc(-c3ccccc3)ccc2=O)cc1. The standard InChI is InChI=1S/C21H21N3O3/c1-27-18-9-7-16(8-10-18)15-20(25)22-13-14-24-21(26)12-11-19(23-24)17-5-3-2-4-6-17/h2-12H,13-15H2,1H3,(H,22,25). The van der Waals surface area contributed by atoms with Crippen molar-refractivity contribution in [3.63, 3.8) is 0 Å². The molecule has 0 unspecified atom stereocenters. The van der Waals surface area contributed by atoms with Crippen molar-refractivity contribution in [3.8, 4) is 17.0 Å². The Labute approximate surface area is 157 Å². The van der Waals surface area contributed by atoms with E-state index in [0.29, 0.717) is 13.1 Å². The Morgan fingerprint density at radius 3 is 2.48 bits per heavy atom. The molecule has 1 amide bonds. The lowest BCUT2D eigenvalue weighted by Gasteiger charge is -2.09. The molecule has 0 aliphatic heterocycles. The van der Waals surface area contributed by atoms with Crippen LogP contribution in [0.25, 0.3) is 11.3 Å². The number of amides is 1. The van der Waals surface area contributed by atoms with E-state index in [1.807, 2.05) is 54.6 Å². The summed E-state index contributed by atoms with van der Waals surface area (Å²) in [5.41, 5.74) is 2.36. The summed E-state index contributed by atoms with van der Waals surface area (Å²) in [4.78, 5) is 24.1. The maximum absolute atomic E-state index is 12.1. The molecule has 1 heterocycles. The van der Waals surface area contributed by atoms with E-state index in [2.05, 4.69) is 10.4 Å². The zero-order valence-corrected chi connectivity index (χ0v) is 15.1. The Bertz CT molecular complexity index is 950. The van der Waals surface area contributed by atoms with Gasteiger partial charge in [0.15, 0.2) is 0 Å². The van der Waals surface area contributed by atoms with Crippen molar-refractivity contribution in [1.82, 2.24) is 15.1 Å². The molecule has 6 nitrogen and oxygen atoms in total. The molecule has 0 saturated carbocycles. The van der Waals surface area contributed by atoms with E-state index >= 15 is 0 Å². The number of carbonyl (C=O) groups is 1. The summed E-state index contributed by atoms with van der Waals surface area (Å²) in [6.07, 6.45) is 0.274. The second-order valence-electron chi connectivity index (χ2n) is 6.02. The number of hydrogen-bond acceptors (Lipinski definition) is 4. The number of carbonyl (C=O) groups excluding carboxylic acids is 1. The first-order valence-corrected chi connectivity index (χ1v) is 8.69. The third-order valence-corrected chi connectivity index (χ3v) is 4.11. The molecule has 0 spiro atoms. The fourth-order valence-corrected chi connectivity index (χ4v) is 2.66. The maximum Gasteiger partial charge on any atom is 0.266 e. The van der Waals surface area contributed by atoms with Gasteiger partial charge in [-0.05, 0) is 23.8 Å². The predicted octanol–water partition coefficient (Wildman–Crippen LogP) is 2.28. The highest BCUT2D eigenvalue weighted by Gasteiger charge is 2.06. The molecule has 1 aromatic heterocycles. The van der Waals surface area contributed by atoms with E-state index in [4.69, 9.17) is 4.74 Å². The molecule has 0 fully saturated rings. The van der Waals surface area contributed by atoms with Gasteiger partial charge in [0.2, 0.25) is 5.91 Å². The Hall–Kier alpha value is -3.41. The lowest BCUT2D eigenvalue weighted by atomic mass is 10.1. The van der Waals surface area contributed by atoms with Crippen LogP contribution >= 0.6 is 0 Å². The van der Waals surface area contributed by atoms with Gasteiger partial charge in [0, 0.05) is 18.2 Å². The molecule has 27 heavy (non-hydrogen) atoms. The van der Waals surface area contributed by atoms with E-state index in [-0.39, 0.29) is 17.9 Å². The molecule has 0 radical (unpaired) electrons. The summed E-state index contributed by atoms with van der Waals surface area (Å²) in [6.45, 7) is 0.647. The number of rotatable bonds is 7. The van der Waals surface area contributed by atoms with Gasteiger partial charge >= 0.3 is 0 Å². The first-order chi connectivity index (χ1) is 13.2. The Morgan fingerprint density at radius 2 is 1.78 bits per heavy atom. The van der Waals surface area contributed by atoms with Crippen LogP contribution in [0.15, 0.2) is 71.5 Å². The van der Waals surface area contributed by atoms with Crippen LogP contribution in [0.3, 0.4) is 0 Å². The Morgan fingerprint density at radius 1 is 1.04 bits per heavy atom. The zero-order chi connectivity index (χ0) is 19.1.